The minimum absolute atomic E-state index is 0.0495. The maximum absolute atomic E-state index is 13.6. The van der Waals surface area contributed by atoms with E-state index in [2.05, 4.69) is 21.2 Å². The Labute approximate surface area is 118 Å². The van der Waals surface area contributed by atoms with Crippen molar-refractivity contribution in [2.75, 3.05) is 5.32 Å². The number of anilines is 1. The first-order chi connectivity index (χ1) is 9.00. The van der Waals surface area contributed by atoms with Gasteiger partial charge in [-0.2, -0.15) is 0 Å². The van der Waals surface area contributed by atoms with E-state index in [1.54, 1.807) is 25.1 Å². The smallest absolute Gasteiger partial charge is 0.259 e. The topological polar surface area (TPSA) is 49.3 Å². The Balaban J connectivity index is 2.34. The predicted octanol–water partition coefficient (Wildman–Crippen LogP) is 3.85. The molecule has 2 aromatic rings. The summed E-state index contributed by atoms with van der Waals surface area (Å²) in [6.45, 7) is 1.69. The van der Waals surface area contributed by atoms with E-state index in [0.29, 0.717) is 10.0 Å². The summed E-state index contributed by atoms with van der Waals surface area (Å²) in [6.07, 6.45) is 0. The summed E-state index contributed by atoms with van der Waals surface area (Å²) >= 11 is 3.16. The first-order valence-corrected chi connectivity index (χ1v) is 6.34. The zero-order valence-electron chi connectivity index (χ0n) is 10.1. The van der Waals surface area contributed by atoms with Gasteiger partial charge in [-0.05, 0) is 46.6 Å². The third kappa shape index (κ3) is 2.76. The summed E-state index contributed by atoms with van der Waals surface area (Å²) in [6, 6.07) is 9.21. The van der Waals surface area contributed by atoms with Gasteiger partial charge in [-0.25, -0.2) is 4.39 Å². The molecule has 0 bridgehead atoms. The summed E-state index contributed by atoms with van der Waals surface area (Å²) in [5.74, 6) is -1.21. The Morgan fingerprint density at radius 2 is 1.95 bits per heavy atom. The molecule has 0 spiro atoms. The van der Waals surface area contributed by atoms with Gasteiger partial charge in [0.2, 0.25) is 0 Å². The van der Waals surface area contributed by atoms with Crippen LogP contribution < -0.4 is 5.32 Å². The van der Waals surface area contributed by atoms with E-state index < -0.39 is 11.7 Å². The van der Waals surface area contributed by atoms with Crippen molar-refractivity contribution >= 4 is 27.5 Å². The van der Waals surface area contributed by atoms with Crippen LogP contribution in [0.3, 0.4) is 0 Å². The van der Waals surface area contributed by atoms with Crippen LogP contribution in [0.2, 0.25) is 0 Å². The predicted molar refractivity (Wildman–Crippen MR) is 74.9 cm³/mol. The SMILES string of the molecule is Cc1cccc(C(=O)Nc2c(F)cccc2Br)c1O. The largest absolute Gasteiger partial charge is 0.507 e. The van der Waals surface area contributed by atoms with Crippen LogP contribution in [-0.2, 0) is 0 Å². The molecule has 0 fully saturated rings. The number of amides is 1. The number of hydrogen-bond acceptors (Lipinski definition) is 2. The Morgan fingerprint density at radius 1 is 1.26 bits per heavy atom. The molecule has 98 valence electrons. The van der Waals surface area contributed by atoms with Crippen molar-refractivity contribution < 1.29 is 14.3 Å². The second-order valence-corrected chi connectivity index (χ2v) is 4.88. The highest BCUT2D eigenvalue weighted by atomic mass is 79.9. The number of aryl methyl sites for hydroxylation is 1. The molecule has 2 aromatic carbocycles. The molecular weight excluding hydrogens is 313 g/mol. The monoisotopic (exact) mass is 323 g/mol. The number of nitrogens with one attached hydrogen (secondary N) is 1. The van der Waals surface area contributed by atoms with Crippen LogP contribution in [0.5, 0.6) is 5.75 Å². The van der Waals surface area contributed by atoms with E-state index in [4.69, 9.17) is 0 Å². The number of aromatic hydroxyl groups is 1. The van der Waals surface area contributed by atoms with Crippen LogP contribution >= 0.6 is 15.9 Å². The van der Waals surface area contributed by atoms with E-state index in [1.807, 2.05) is 0 Å². The number of benzene rings is 2. The van der Waals surface area contributed by atoms with Crippen LogP contribution in [0.15, 0.2) is 40.9 Å². The number of carbonyl (C=O) groups is 1. The molecule has 0 saturated carbocycles. The van der Waals surface area contributed by atoms with Gasteiger partial charge in [0.25, 0.3) is 5.91 Å². The average molecular weight is 324 g/mol. The highest BCUT2D eigenvalue weighted by Crippen LogP contribution is 2.27. The maximum Gasteiger partial charge on any atom is 0.259 e. The normalized spacial score (nSPS) is 10.3. The van der Waals surface area contributed by atoms with Crippen molar-refractivity contribution in [1.29, 1.82) is 0 Å². The third-order valence-electron chi connectivity index (χ3n) is 2.68. The third-order valence-corrected chi connectivity index (χ3v) is 3.34. The average Bonchev–Trinajstić information content (AvgIpc) is 2.37. The van der Waals surface area contributed by atoms with E-state index in [1.165, 1.54) is 18.2 Å². The lowest BCUT2D eigenvalue weighted by molar-refractivity contribution is 0.102. The van der Waals surface area contributed by atoms with Gasteiger partial charge in [0.15, 0.2) is 0 Å². The Morgan fingerprint density at radius 3 is 2.63 bits per heavy atom. The lowest BCUT2D eigenvalue weighted by atomic mass is 10.1. The molecule has 0 aliphatic heterocycles. The molecule has 2 rings (SSSR count). The summed E-state index contributed by atoms with van der Waals surface area (Å²) < 4.78 is 14.0. The molecular formula is C14H11BrFNO2. The van der Waals surface area contributed by atoms with Gasteiger partial charge in [0, 0.05) is 4.47 Å². The minimum atomic E-state index is -0.563. The van der Waals surface area contributed by atoms with Crippen LogP contribution in [0, 0.1) is 12.7 Å². The molecule has 0 aliphatic carbocycles. The fraction of sp³-hybridized carbons (Fsp3) is 0.0714. The van der Waals surface area contributed by atoms with Crippen LogP contribution in [0.25, 0.3) is 0 Å². The highest BCUT2D eigenvalue weighted by molar-refractivity contribution is 9.10. The lowest BCUT2D eigenvalue weighted by Gasteiger charge is -2.10. The number of phenolic OH excluding ortho intramolecular Hbond substituents is 1. The molecule has 0 unspecified atom stereocenters. The first-order valence-electron chi connectivity index (χ1n) is 5.54. The van der Waals surface area contributed by atoms with Crippen molar-refractivity contribution in [1.82, 2.24) is 0 Å². The zero-order valence-corrected chi connectivity index (χ0v) is 11.7. The first kappa shape index (κ1) is 13.5. The van der Waals surface area contributed by atoms with E-state index in [-0.39, 0.29) is 17.0 Å². The summed E-state index contributed by atoms with van der Waals surface area (Å²) in [5, 5.41) is 12.3. The van der Waals surface area contributed by atoms with E-state index in [0.717, 1.165) is 0 Å². The second kappa shape index (κ2) is 5.40. The highest BCUT2D eigenvalue weighted by Gasteiger charge is 2.15. The van der Waals surface area contributed by atoms with E-state index in [9.17, 15) is 14.3 Å². The molecule has 2 N–H and O–H groups in total. The van der Waals surface area contributed by atoms with Crippen molar-refractivity contribution in [3.05, 3.63) is 57.8 Å². The van der Waals surface area contributed by atoms with Gasteiger partial charge in [-0.3, -0.25) is 4.79 Å². The Bertz CT molecular complexity index is 623. The fourth-order valence-electron chi connectivity index (χ4n) is 1.64. The fourth-order valence-corrected chi connectivity index (χ4v) is 2.08. The molecule has 0 aromatic heterocycles. The van der Waals surface area contributed by atoms with Crippen molar-refractivity contribution in [3.63, 3.8) is 0 Å². The standard InChI is InChI=1S/C14H11BrFNO2/c1-8-4-2-5-9(13(8)18)14(19)17-12-10(15)6-3-7-11(12)16/h2-7,18H,1H3,(H,17,19). The van der Waals surface area contributed by atoms with Crippen molar-refractivity contribution in [2.45, 2.75) is 6.92 Å². The number of hydrogen-bond donors (Lipinski definition) is 2. The molecule has 0 atom stereocenters. The van der Waals surface area contributed by atoms with Crippen molar-refractivity contribution in [2.24, 2.45) is 0 Å². The van der Waals surface area contributed by atoms with Crippen LogP contribution in [0.4, 0.5) is 10.1 Å². The molecule has 0 heterocycles. The number of phenols is 1. The van der Waals surface area contributed by atoms with Crippen LogP contribution in [0.1, 0.15) is 15.9 Å². The van der Waals surface area contributed by atoms with Crippen LogP contribution in [-0.4, -0.2) is 11.0 Å². The molecule has 19 heavy (non-hydrogen) atoms. The van der Waals surface area contributed by atoms with Gasteiger partial charge in [-0.1, -0.05) is 18.2 Å². The van der Waals surface area contributed by atoms with Gasteiger partial charge in [0.1, 0.15) is 11.6 Å². The van der Waals surface area contributed by atoms with Crippen molar-refractivity contribution in [3.8, 4) is 5.75 Å². The molecule has 3 nitrogen and oxygen atoms in total. The number of para-hydroxylation sites is 2. The van der Waals surface area contributed by atoms with Gasteiger partial charge >= 0.3 is 0 Å². The molecule has 1 amide bonds. The Kier molecular flexibility index (Phi) is 3.85. The summed E-state index contributed by atoms with van der Waals surface area (Å²) in [4.78, 5) is 12.0. The summed E-state index contributed by atoms with van der Waals surface area (Å²) in [5.41, 5.74) is 0.740. The van der Waals surface area contributed by atoms with E-state index >= 15 is 0 Å². The quantitative estimate of drug-likeness (QED) is 0.881. The number of carbonyl (C=O) groups excluding carboxylic acids is 1. The lowest BCUT2D eigenvalue weighted by Crippen LogP contribution is -2.14. The zero-order chi connectivity index (χ0) is 14.0. The molecule has 0 aliphatic rings. The molecule has 0 saturated heterocycles. The molecule has 0 radical (unpaired) electrons. The maximum atomic E-state index is 13.6. The number of rotatable bonds is 2. The molecule has 5 heteroatoms. The number of halogens is 2. The Hall–Kier alpha value is -1.88. The minimum Gasteiger partial charge on any atom is -0.507 e. The summed E-state index contributed by atoms with van der Waals surface area (Å²) in [7, 11) is 0. The van der Waals surface area contributed by atoms with Gasteiger partial charge in [0.05, 0.1) is 11.3 Å². The second-order valence-electron chi connectivity index (χ2n) is 4.02. The van der Waals surface area contributed by atoms with Gasteiger partial charge < -0.3 is 10.4 Å². The van der Waals surface area contributed by atoms with Gasteiger partial charge in [-0.15, -0.1) is 0 Å².